The first-order chi connectivity index (χ1) is 6.74. The second-order valence-electron chi connectivity index (χ2n) is 3.54. The molecule has 0 fully saturated rings. The number of rotatable bonds is 2. The lowest BCUT2D eigenvalue weighted by Crippen LogP contribution is -2.05. The summed E-state index contributed by atoms with van der Waals surface area (Å²) in [5.41, 5.74) is 0. The van der Waals surface area contributed by atoms with Crippen LogP contribution >= 0.6 is 15.7 Å². The van der Waals surface area contributed by atoms with Crippen LogP contribution in [0, 0.1) is 0 Å². The number of nitrogens with zero attached hydrogens (tertiary/aromatic N) is 1. The van der Waals surface area contributed by atoms with Gasteiger partial charge in [0.1, 0.15) is 0 Å². The number of fused-ring (bicyclic) bond motifs is 1. The molecular formula is C11H15NP2. The van der Waals surface area contributed by atoms with Crippen molar-refractivity contribution in [2.45, 2.75) is 13.1 Å². The normalized spacial score (nSPS) is 13.3. The highest BCUT2D eigenvalue weighted by Crippen LogP contribution is 2.56. The summed E-state index contributed by atoms with van der Waals surface area (Å²) < 4.78 is 0. The van der Waals surface area contributed by atoms with Crippen LogP contribution in [0.1, 0.15) is 6.92 Å². The second-order valence-corrected chi connectivity index (χ2v) is 7.41. The SMILES string of the molecule is CCp1c(N(C)C)pc2ccccc21. The molecule has 1 aromatic carbocycles. The van der Waals surface area contributed by atoms with Crippen LogP contribution < -0.4 is 4.90 Å². The average molecular weight is 223 g/mol. The lowest BCUT2D eigenvalue weighted by atomic mass is 10.4. The molecular weight excluding hydrogens is 208 g/mol. The molecule has 2 aromatic rings. The fourth-order valence-corrected chi connectivity index (χ4v) is 6.49. The molecule has 0 saturated heterocycles. The average Bonchev–Trinajstić information content (AvgIpc) is 2.56. The molecule has 0 spiro atoms. The first kappa shape index (κ1) is 10.2. The van der Waals surface area contributed by atoms with Crippen LogP contribution in [0.3, 0.4) is 0 Å². The molecule has 0 N–H and O–H groups in total. The maximum atomic E-state index is 2.30. The van der Waals surface area contributed by atoms with Gasteiger partial charge in [0.15, 0.2) is 0 Å². The smallest absolute Gasteiger partial charge is 0.0648 e. The Morgan fingerprint density at radius 3 is 2.64 bits per heavy atom. The van der Waals surface area contributed by atoms with Crippen LogP contribution in [-0.4, -0.2) is 14.1 Å². The van der Waals surface area contributed by atoms with Gasteiger partial charge in [-0.15, -0.1) is 0 Å². The summed E-state index contributed by atoms with van der Waals surface area (Å²) in [6, 6.07) is 8.87. The van der Waals surface area contributed by atoms with E-state index in [9.17, 15) is 0 Å². The number of anilines is 1. The van der Waals surface area contributed by atoms with Crippen molar-refractivity contribution in [3.05, 3.63) is 24.3 Å². The van der Waals surface area contributed by atoms with Crippen LogP contribution in [0.25, 0.3) is 10.2 Å². The van der Waals surface area contributed by atoms with Crippen LogP contribution in [0.4, 0.5) is 5.15 Å². The summed E-state index contributed by atoms with van der Waals surface area (Å²) in [5, 5.41) is 4.71. The van der Waals surface area contributed by atoms with E-state index in [0.29, 0.717) is 0 Å². The Morgan fingerprint density at radius 1 is 1.29 bits per heavy atom. The van der Waals surface area contributed by atoms with E-state index >= 15 is 0 Å². The first-order valence-corrected chi connectivity index (χ1v) is 7.28. The molecule has 0 aliphatic carbocycles. The van der Waals surface area contributed by atoms with Gasteiger partial charge in [0.2, 0.25) is 0 Å². The predicted octanol–water partition coefficient (Wildman–Crippen LogP) is 4.49. The van der Waals surface area contributed by atoms with E-state index < -0.39 is 0 Å². The van der Waals surface area contributed by atoms with Gasteiger partial charge in [-0.05, 0) is 40.6 Å². The fourth-order valence-electron chi connectivity index (χ4n) is 1.72. The minimum atomic E-state index is -0.0314. The van der Waals surface area contributed by atoms with Crippen LogP contribution in [0.2, 0.25) is 0 Å². The molecule has 1 aromatic heterocycles. The quantitative estimate of drug-likeness (QED) is 0.724. The van der Waals surface area contributed by atoms with E-state index in [4.69, 9.17) is 0 Å². The van der Waals surface area contributed by atoms with Gasteiger partial charge in [-0.2, -0.15) is 0 Å². The summed E-state index contributed by atoms with van der Waals surface area (Å²) in [4.78, 5) is 2.30. The predicted molar refractivity (Wildman–Crippen MR) is 69.2 cm³/mol. The maximum absolute atomic E-state index is 2.30. The summed E-state index contributed by atoms with van der Waals surface area (Å²) in [6.07, 6.45) is 1.27. The molecule has 1 unspecified atom stereocenters. The summed E-state index contributed by atoms with van der Waals surface area (Å²) >= 11 is 0. The Kier molecular flexibility index (Phi) is 2.93. The third kappa shape index (κ3) is 1.61. The monoisotopic (exact) mass is 223 g/mol. The summed E-state index contributed by atoms with van der Waals surface area (Å²) in [7, 11) is 5.73. The highest BCUT2D eigenvalue weighted by Gasteiger charge is 2.10. The molecule has 0 bridgehead atoms. The van der Waals surface area contributed by atoms with Gasteiger partial charge in [0.25, 0.3) is 0 Å². The first-order valence-electron chi connectivity index (χ1n) is 4.86. The van der Waals surface area contributed by atoms with Crippen molar-refractivity contribution >= 4 is 31.1 Å². The molecule has 1 heterocycles. The van der Waals surface area contributed by atoms with Gasteiger partial charge in [-0.25, -0.2) is 0 Å². The standard InChI is InChI=1S/C11H15NP2/c1-4-14-10-8-6-5-7-9(10)13-11(14)12(2)3/h5-8H,4H2,1-3H3. The lowest BCUT2D eigenvalue weighted by molar-refractivity contribution is 1.17. The van der Waals surface area contributed by atoms with Crippen molar-refractivity contribution in [2.24, 2.45) is 0 Å². The zero-order valence-electron chi connectivity index (χ0n) is 8.86. The topological polar surface area (TPSA) is 3.24 Å². The Balaban J connectivity index is 2.72. The molecule has 0 aliphatic rings. The summed E-state index contributed by atoms with van der Waals surface area (Å²) in [5.74, 6) is 0. The highest BCUT2D eigenvalue weighted by atomic mass is 31.1. The van der Waals surface area contributed by atoms with Crippen molar-refractivity contribution in [1.82, 2.24) is 0 Å². The van der Waals surface area contributed by atoms with Crippen molar-refractivity contribution in [2.75, 3.05) is 19.0 Å². The van der Waals surface area contributed by atoms with E-state index in [1.807, 2.05) is 0 Å². The number of hydrogen-bond acceptors (Lipinski definition) is 1. The molecule has 0 aliphatic heterocycles. The Bertz CT molecular complexity index is 445. The lowest BCUT2D eigenvalue weighted by Gasteiger charge is -2.09. The van der Waals surface area contributed by atoms with Gasteiger partial charge in [0.05, 0.1) is 5.15 Å². The molecule has 74 valence electrons. The van der Waals surface area contributed by atoms with Crippen molar-refractivity contribution in [3.63, 3.8) is 0 Å². The second kappa shape index (κ2) is 4.03. The maximum Gasteiger partial charge on any atom is 0.0648 e. The van der Waals surface area contributed by atoms with Crippen molar-refractivity contribution in [1.29, 1.82) is 0 Å². The van der Waals surface area contributed by atoms with Crippen LogP contribution in [-0.2, 0) is 6.16 Å². The van der Waals surface area contributed by atoms with Gasteiger partial charge < -0.3 is 0 Å². The van der Waals surface area contributed by atoms with E-state index in [0.717, 1.165) is 0 Å². The number of hydrogen-bond donors (Lipinski definition) is 0. The Labute approximate surface area is 87.9 Å². The minimum Gasteiger partial charge on any atom is -0.274 e. The van der Waals surface area contributed by atoms with Crippen molar-refractivity contribution in [3.8, 4) is 0 Å². The Hall–Kier alpha value is -0.350. The van der Waals surface area contributed by atoms with Gasteiger partial charge in [-0.3, -0.25) is 4.90 Å². The molecule has 3 heteroatoms. The van der Waals surface area contributed by atoms with E-state index in [1.165, 1.54) is 19.5 Å². The molecule has 0 saturated carbocycles. The Morgan fingerprint density at radius 2 is 2.00 bits per heavy atom. The molecule has 2 rings (SSSR count). The van der Waals surface area contributed by atoms with Crippen LogP contribution in [0.15, 0.2) is 24.3 Å². The molecule has 0 amide bonds. The minimum absolute atomic E-state index is 0.0314. The summed E-state index contributed by atoms with van der Waals surface area (Å²) in [6.45, 7) is 2.30. The zero-order chi connectivity index (χ0) is 10.1. The molecule has 1 nitrogen and oxygen atoms in total. The molecule has 1 atom stereocenters. The largest absolute Gasteiger partial charge is 0.274 e. The zero-order valence-corrected chi connectivity index (χ0v) is 10.6. The third-order valence-electron chi connectivity index (χ3n) is 2.35. The molecule has 0 radical (unpaired) electrons. The van der Waals surface area contributed by atoms with Gasteiger partial charge in [-0.1, -0.05) is 26.6 Å². The van der Waals surface area contributed by atoms with E-state index in [-0.39, 0.29) is 7.53 Å². The highest BCUT2D eigenvalue weighted by molar-refractivity contribution is 7.71. The number of aryl methyl sites for hydroxylation is 1. The van der Waals surface area contributed by atoms with Gasteiger partial charge >= 0.3 is 0 Å². The van der Waals surface area contributed by atoms with Gasteiger partial charge in [0, 0.05) is 10.2 Å². The third-order valence-corrected chi connectivity index (χ3v) is 7.27. The van der Waals surface area contributed by atoms with E-state index in [1.54, 1.807) is 10.3 Å². The molecule has 14 heavy (non-hydrogen) atoms. The fraction of sp³-hybridized carbons (Fsp3) is 0.364. The van der Waals surface area contributed by atoms with E-state index in [2.05, 4.69) is 50.2 Å². The number of benzene rings is 1. The van der Waals surface area contributed by atoms with Crippen molar-refractivity contribution < 1.29 is 0 Å². The van der Waals surface area contributed by atoms with Crippen LogP contribution in [0.5, 0.6) is 0 Å².